The van der Waals surface area contributed by atoms with Gasteiger partial charge in [0.15, 0.2) is 0 Å². The third-order valence-corrected chi connectivity index (χ3v) is 5.26. The van der Waals surface area contributed by atoms with Crippen LogP contribution >= 0.6 is 0 Å². The van der Waals surface area contributed by atoms with Crippen molar-refractivity contribution in [1.29, 1.82) is 0 Å². The topological polar surface area (TPSA) is 108 Å². The number of para-hydroxylation sites is 1. The lowest BCUT2D eigenvalue weighted by atomic mass is 10.1. The maximum Gasteiger partial charge on any atom is 0.307 e. The first-order valence-electron chi connectivity index (χ1n) is 10.1. The molecule has 0 unspecified atom stereocenters. The van der Waals surface area contributed by atoms with E-state index in [9.17, 15) is 14.9 Å². The molecule has 0 saturated carbocycles. The molecular weight excluding hydrogens is 408 g/mol. The van der Waals surface area contributed by atoms with E-state index >= 15 is 0 Å². The van der Waals surface area contributed by atoms with Crippen molar-refractivity contribution in [3.8, 4) is 5.69 Å². The number of aryl methyl sites for hydroxylation is 1. The van der Waals surface area contributed by atoms with E-state index in [0.717, 1.165) is 28.2 Å². The molecule has 0 fully saturated rings. The van der Waals surface area contributed by atoms with Crippen molar-refractivity contribution in [2.45, 2.75) is 26.9 Å². The second kappa shape index (κ2) is 8.84. The van der Waals surface area contributed by atoms with Gasteiger partial charge < -0.3 is 5.32 Å². The molecule has 2 aromatic carbocycles. The van der Waals surface area contributed by atoms with Gasteiger partial charge in [-0.25, -0.2) is 4.68 Å². The summed E-state index contributed by atoms with van der Waals surface area (Å²) >= 11 is 0. The smallest absolute Gasteiger partial charge is 0.307 e. The van der Waals surface area contributed by atoms with Crippen LogP contribution in [0.25, 0.3) is 5.69 Å². The molecule has 0 atom stereocenters. The minimum atomic E-state index is -0.482. The lowest BCUT2D eigenvalue weighted by molar-refractivity contribution is -0.385. The molecule has 0 saturated heterocycles. The molecule has 2 aromatic heterocycles. The van der Waals surface area contributed by atoms with Crippen LogP contribution in [0.4, 0.5) is 5.69 Å². The van der Waals surface area contributed by atoms with Crippen LogP contribution in [0.1, 0.15) is 32.9 Å². The first kappa shape index (κ1) is 21.0. The number of carbonyl (C=O) groups excluding carboxylic acids is 1. The molecule has 0 aliphatic carbocycles. The molecule has 0 aliphatic rings. The Morgan fingerprint density at radius 2 is 1.81 bits per heavy atom. The predicted molar refractivity (Wildman–Crippen MR) is 119 cm³/mol. The fourth-order valence-electron chi connectivity index (χ4n) is 3.50. The Kier molecular flexibility index (Phi) is 5.80. The summed E-state index contributed by atoms with van der Waals surface area (Å²) < 4.78 is 3.37. The van der Waals surface area contributed by atoms with Crippen molar-refractivity contribution in [2.24, 2.45) is 0 Å². The average molecular weight is 430 g/mol. The van der Waals surface area contributed by atoms with Gasteiger partial charge in [-0.05, 0) is 43.7 Å². The van der Waals surface area contributed by atoms with Crippen molar-refractivity contribution < 1.29 is 9.72 Å². The van der Waals surface area contributed by atoms with E-state index in [1.807, 2.05) is 61.0 Å². The SMILES string of the molecule is Cc1nn(-c2ccccc2)c(C)c1CNC(=O)c1ccc(Cn2cc([N+](=O)[O-])cn2)cc1. The maximum atomic E-state index is 12.6. The molecular formula is C23H22N6O3. The monoisotopic (exact) mass is 430 g/mol. The molecule has 0 bridgehead atoms. The molecule has 162 valence electrons. The number of nitrogens with one attached hydrogen (secondary N) is 1. The van der Waals surface area contributed by atoms with E-state index in [4.69, 9.17) is 0 Å². The van der Waals surface area contributed by atoms with E-state index in [-0.39, 0.29) is 11.6 Å². The van der Waals surface area contributed by atoms with Crippen molar-refractivity contribution in [3.05, 3.63) is 105 Å². The first-order chi connectivity index (χ1) is 15.4. The standard InChI is InChI=1S/C23H22N6O3/c1-16-22(17(2)28(26-16)20-6-4-3-5-7-20)13-24-23(30)19-10-8-18(9-11-19)14-27-15-21(12-25-27)29(31)32/h3-12,15H,13-14H2,1-2H3,(H,24,30). The molecule has 9 nitrogen and oxygen atoms in total. The highest BCUT2D eigenvalue weighted by molar-refractivity contribution is 5.94. The zero-order valence-corrected chi connectivity index (χ0v) is 17.7. The maximum absolute atomic E-state index is 12.6. The minimum absolute atomic E-state index is 0.0535. The van der Waals surface area contributed by atoms with Gasteiger partial charge in [-0.1, -0.05) is 30.3 Å². The largest absolute Gasteiger partial charge is 0.348 e. The van der Waals surface area contributed by atoms with Gasteiger partial charge in [0.1, 0.15) is 12.4 Å². The highest BCUT2D eigenvalue weighted by Gasteiger charge is 2.14. The molecule has 4 rings (SSSR count). The average Bonchev–Trinajstić information content (AvgIpc) is 3.38. The summed E-state index contributed by atoms with van der Waals surface area (Å²) in [6.45, 7) is 4.68. The molecule has 32 heavy (non-hydrogen) atoms. The summed E-state index contributed by atoms with van der Waals surface area (Å²) in [4.78, 5) is 22.9. The molecule has 1 N–H and O–H groups in total. The number of amides is 1. The molecule has 1 amide bonds. The van der Waals surface area contributed by atoms with Crippen LogP contribution < -0.4 is 5.32 Å². The zero-order valence-electron chi connectivity index (χ0n) is 17.7. The van der Waals surface area contributed by atoms with Crippen molar-refractivity contribution >= 4 is 11.6 Å². The van der Waals surface area contributed by atoms with Crippen molar-refractivity contribution in [3.63, 3.8) is 0 Å². The molecule has 9 heteroatoms. The van der Waals surface area contributed by atoms with Crippen molar-refractivity contribution in [2.75, 3.05) is 0 Å². The Hall–Kier alpha value is -4.27. The highest BCUT2D eigenvalue weighted by atomic mass is 16.6. The van der Waals surface area contributed by atoms with Gasteiger partial charge in [-0.3, -0.25) is 19.6 Å². The Balaban J connectivity index is 1.40. The van der Waals surface area contributed by atoms with Crippen LogP contribution in [0.2, 0.25) is 0 Å². The molecule has 0 radical (unpaired) electrons. The normalized spacial score (nSPS) is 10.8. The van der Waals surface area contributed by atoms with Gasteiger partial charge >= 0.3 is 5.69 Å². The third-order valence-electron chi connectivity index (χ3n) is 5.26. The minimum Gasteiger partial charge on any atom is -0.348 e. The van der Waals surface area contributed by atoms with Crippen LogP contribution in [-0.4, -0.2) is 30.4 Å². The fourth-order valence-corrected chi connectivity index (χ4v) is 3.50. The number of nitro groups is 1. The number of hydrogen-bond acceptors (Lipinski definition) is 5. The van der Waals surface area contributed by atoms with Gasteiger partial charge in [-0.15, -0.1) is 0 Å². The van der Waals surface area contributed by atoms with Gasteiger partial charge in [-0.2, -0.15) is 10.2 Å². The molecule has 4 aromatic rings. The van der Waals surface area contributed by atoms with E-state index in [2.05, 4.69) is 15.5 Å². The predicted octanol–water partition coefficient (Wildman–Crippen LogP) is 3.57. The Bertz CT molecular complexity index is 1260. The molecule has 2 heterocycles. The number of benzene rings is 2. The van der Waals surface area contributed by atoms with E-state index < -0.39 is 4.92 Å². The van der Waals surface area contributed by atoms with Crippen molar-refractivity contribution in [1.82, 2.24) is 24.9 Å². The van der Waals surface area contributed by atoms with Crippen LogP contribution in [0.3, 0.4) is 0 Å². The summed E-state index contributed by atoms with van der Waals surface area (Å²) in [5.74, 6) is -0.183. The lowest BCUT2D eigenvalue weighted by Crippen LogP contribution is -2.23. The van der Waals surface area contributed by atoms with Crippen LogP contribution in [0, 0.1) is 24.0 Å². The molecule has 0 spiro atoms. The van der Waals surface area contributed by atoms with E-state index in [0.29, 0.717) is 18.7 Å². The quantitative estimate of drug-likeness (QED) is 0.356. The number of carbonyl (C=O) groups is 1. The Morgan fingerprint density at radius 1 is 1.09 bits per heavy atom. The summed E-state index contributed by atoms with van der Waals surface area (Å²) in [5.41, 5.74) is 5.18. The van der Waals surface area contributed by atoms with E-state index in [1.54, 1.807) is 12.1 Å². The molecule has 0 aliphatic heterocycles. The second-order valence-electron chi connectivity index (χ2n) is 7.43. The van der Waals surface area contributed by atoms with Crippen LogP contribution in [-0.2, 0) is 13.1 Å². The van der Waals surface area contributed by atoms with Crippen LogP contribution in [0.5, 0.6) is 0 Å². The van der Waals surface area contributed by atoms with Gasteiger partial charge in [0.05, 0.1) is 22.8 Å². The summed E-state index contributed by atoms with van der Waals surface area (Å²) in [6, 6.07) is 17.0. The summed E-state index contributed by atoms with van der Waals surface area (Å²) in [7, 11) is 0. The second-order valence-corrected chi connectivity index (χ2v) is 7.43. The number of hydrogen-bond donors (Lipinski definition) is 1. The summed E-state index contributed by atoms with van der Waals surface area (Å²) in [6.07, 6.45) is 2.59. The fraction of sp³-hybridized carbons (Fsp3) is 0.174. The van der Waals surface area contributed by atoms with Gasteiger partial charge in [0.25, 0.3) is 5.91 Å². The Labute approximate surface area is 184 Å². The number of aromatic nitrogens is 4. The highest BCUT2D eigenvalue weighted by Crippen LogP contribution is 2.18. The van der Waals surface area contributed by atoms with Gasteiger partial charge in [0, 0.05) is 23.4 Å². The van der Waals surface area contributed by atoms with E-state index in [1.165, 1.54) is 17.1 Å². The Morgan fingerprint density at radius 3 is 2.47 bits per heavy atom. The first-order valence-corrected chi connectivity index (χ1v) is 10.1. The number of rotatable bonds is 7. The van der Waals surface area contributed by atoms with Gasteiger partial charge in [0.2, 0.25) is 0 Å². The third kappa shape index (κ3) is 4.41. The van der Waals surface area contributed by atoms with Crippen LogP contribution in [0.15, 0.2) is 67.0 Å². The number of nitrogens with zero attached hydrogens (tertiary/aromatic N) is 5. The zero-order chi connectivity index (χ0) is 22.7. The lowest BCUT2D eigenvalue weighted by Gasteiger charge is -2.08. The summed E-state index contributed by atoms with van der Waals surface area (Å²) in [5, 5.41) is 22.3.